The number of nitrogens with one attached hydrogen (secondary N) is 1. The van der Waals surface area contributed by atoms with Gasteiger partial charge in [0.1, 0.15) is 0 Å². The molecular formula is C15H24N2S. The monoisotopic (exact) mass is 264 g/mol. The fraction of sp³-hybridized carbons (Fsp3) is 0.733. The van der Waals surface area contributed by atoms with Gasteiger partial charge < -0.3 is 5.32 Å². The Morgan fingerprint density at radius 3 is 2.89 bits per heavy atom. The van der Waals surface area contributed by atoms with Crippen molar-refractivity contribution in [1.29, 1.82) is 0 Å². The van der Waals surface area contributed by atoms with E-state index in [4.69, 9.17) is 0 Å². The normalized spacial score (nSPS) is 27.1. The second-order valence-corrected chi connectivity index (χ2v) is 6.78. The van der Waals surface area contributed by atoms with Crippen LogP contribution in [0.2, 0.25) is 0 Å². The summed E-state index contributed by atoms with van der Waals surface area (Å²) in [6.07, 6.45) is 6.86. The first-order chi connectivity index (χ1) is 8.86. The molecule has 1 aliphatic carbocycles. The maximum atomic E-state index is 3.53. The van der Waals surface area contributed by atoms with Gasteiger partial charge in [-0.15, -0.1) is 11.3 Å². The minimum atomic E-state index is 0.688. The summed E-state index contributed by atoms with van der Waals surface area (Å²) in [6.45, 7) is 2.40. The van der Waals surface area contributed by atoms with E-state index >= 15 is 0 Å². The summed E-state index contributed by atoms with van der Waals surface area (Å²) in [6, 6.07) is 6.00. The van der Waals surface area contributed by atoms with Gasteiger partial charge in [0.05, 0.1) is 0 Å². The molecule has 0 bridgehead atoms. The molecule has 2 atom stereocenters. The fourth-order valence-corrected chi connectivity index (χ4v) is 4.24. The molecule has 1 saturated heterocycles. The third kappa shape index (κ3) is 2.79. The Bertz CT molecular complexity index is 351. The molecular weight excluding hydrogens is 240 g/mol. The van der Waals surface area contributed by atoms with Crippen molar-refractivity contribution in [2.45, 2.75) is 44.2 Å². The zero-order valence-electron chi connectivity index (χ0n) is 11.3. The third-order valence-corrected chi connectivity index (χ3v) is 5.41. The lowest BCUT2D eigenvalue weighted by Gasteiger charge is -2.34. The van der Waals surface area contributed by atoms with Gasteiger partial charge >= 0.3 is 0 Å². The lowest BCUT2D eigenvalue weighted by Crippen LogP contribution is -2.36. The van der Waals surface area contributed by atoms with Crippen molar-refractivity contribution in [3.63, 3.8) is 0 Å². The molecule has 0 aromatic carbocycles. The van der Waals surface area contributed by atoms with Crippen LogP contribution in [0, 0.1) is 5.92 Å². The van der Waals surface area contributed by atoms with Gasteiger partial charge in [0.15, 0.2) is 0 Å². The van der Waals surface area contributed by atoms with Crippen LogP contribution in [0.4, 0.5) is 0 Å². The van der Waals surface area contributed by atoms with Crippen LogP contribution in [-0.4, -0.2) is 31.1 Å². The summed E-state index contributed by atoms with van der Waals surface area (Å²) < 4.78 is 0. The van der Waals surface area contributed by atoms with Crippen molar-refractivity contribution in [3.05, 3.63) is 22.4 Å². The maximum Gasteiger partial charge on any atom is 0.0469 e. The van der Waals surface area contributed by atoms with E-state index in [0.717, 1.165) is 12.0 Å². The summed E-state index contributed by atoms with van der Waals surface area (Å²) in [5.41, 5.74) is 0. The summed E-state index contributed by atoms with van der Waals surface area (Å²) in [7, 11) is 2.36. The summed E-state index contributed by atoms with van der Waals surface area (Å²) in [5.74, 6) is 0.921. The Hall–Kier alpha value is -0.380. The second-order valence-electron chi connectivity index (χ2n) is 5.80. The summed E-state index contributed by atoms with van der Waals surface area (Å²) >= 11 is 1.94. The highest BCUT2D eigenvalue weighted by atomic mass is 32.1. The van der Waals surface area contributed by atoms with Crippen molar-refractivity contribution < 1.29 is 0 Å². The minimum Gasteiger partial charge on any atom is -0.317 e. The van der Waals surface area contributed by atoms with Gasteiger partial charge in [-0.3, -0.25) is 4.90 Å². The molecule has 3 rings (SSSR count). The van der Waals surface area contributed by atoms with Crippen LogP contribution < -0.4 is 5.32 Å². The molecule has 2 fully saturated rings. The molecule has 1 N–H and O–H groups in total. The highest BCUT2D eigenvalue weighted by Crippen LogP contribution is 2.46. The van der Waals surface area contributed by atoms with Gasteiger partial charge in [0.2, 0.25) is 0 Å². The molecule has 1 aliphatic heterocycles. The molecule has 3 heteroatoms. The van der Waals surface area contributed by atoms with Crippen molar-refractivity contribution in [2.75, 3.05) is 20.1 Å². The molecule has 1 aromatic rings. The topological polar surface area (TPSA) is 15.3 Å². The number of nitrogens with zero attached hydrogens (tertiary/aromatic N) is 1. The van der Waals surface area contributed by atoms with E-state index < -0.39 is 0 Å². The van der Waals surface area contributed by atoms with E-state index in [1.165, 1.54) is 45.2 Å². The largest absolute Gasteiger partial charge is 0.317 e. The number of thiophene rings is 1. The van der Waals surface area contributed by atoms with Crippen molar-refractivity contribution >= 4 is 11.3 Å². The Morgan fingerprint density at radius 2 is 2.17 bits per heavy atom. The van der Waals surface area contributed by atoms with Crippen molar-refractivity contribution in [2.24, 2.45) is 5.92 Å². The quantitative estimate of drug-likeness (QED) is 0.898. The molecule has 2 heterocycles. The van der Waals surface area contributed by atoms with E-state index in [1.807, 2.05) is 11.3 Å². The molecule has 2 unspecified atom stereocenters. The molecule has 18 heavy (non-hydrogen) atoms. The van der Waals surface area contributed by atoms with Crippen molar-refractivity contribution in [3.8, 4) is 0 Å². The van der Waals surface area contributed by atoms with E-state index in [1.54, 1.807) is 4.88 Å². The van der Waals surface area contributed by atoms with Crippen LogP contribution in [0.1, 0.15) is 43.0 Å². The standard InChI is InChI=1S/C15H24N2S/c1-17(13-4-2-9-16-10-8-13)15(12-6-7-12)14-5-3-11-18-14/h3,5,11-13,15-16H,2,4,6-10H2,1H3. The van der Waals surface area contributed by atoms with Gasteiger partial charge in [0, 0.05) is 17.0 Å². The Morgan fingerprint density at radius 1 is 1.28 bits per heavy atom. The molecule has 2 nitrogen and oxygen atoms in total. The van der Waals surface area contributed by atoms with Crippen LogP contribution in [0.3, 0.4) is 0 Å². The van der Waals surface area contributed by atoms with Gasteiger partial charge in [-0.1, -0.05) is 6.07 Å². The van der Waals surface area contributed by atoms with E-state index in [2.05, 4.69) is 34.8 Å². The van der Waals surface area contributed by atoms with Gasteiger partial charge in [0.25, 0.3) is 0 Å². The lowest BCUT2D eigenvalue weighted by molar-refractivity contribution is 0.146. The minimum absolute atomic E-state index is 0.688. The number of rotatable bonds is 4. The highest BCUT2D eigenvalue weighted by Gasteiger charge is 2.37. The highest BCUT2D eigenvalue weighted by molar-refractivity contribution is 7.10. The Kier molecular flexibility index (Phi) is 4.02. The lowest BCUT2D eigenvalue weighted by atomic mass is 10.0. The van der Waals surface area contributed by atoms with Crippen LogP contribution in [0.15, 0.2) is 17.5 Å². The fourth-order valence-electron chi connectivity index (χ4n) is 3.27. The van der Waals surface area contributed by atoms with Crippen molar-refractivity contribution in [1.82, 2.24) is 10.2 Å². The first-order valence-corrected chi connectivity index (χ1v) is 8.20. The molecule has 2 aliphatic rings. The molecule has 0 radical (unpaired) electrons. The predicted octanol–water partition coefficient (Wildman–Crippen LogP) is 3.27. The zero-order chi connectivity index (χ0) is 12.4. The first kappa shape index (κ1) is 12.6. The van der Waals surface area contributed by atoms with Gasteiger partial charge in [-0.25, -0.2) is 0 Å². The van der Waals surface area contributed by atoms with Crippen LogP contribution in [0.5, 0.6) is 0 Å². The zero-order valence-corrected chi connectivity index (χ0v) is 12.1. The first-order valence-electron chi connectivity index (χ1n) is 7.32. The molecule has 1 aromatic heterocycles. The van der Waals surface area contributed by atoms with Gasteiger partial charge in [-0.2, -0.15) is 0 Å². The van der Waals surface area contributed by atoms with Crippen LogP contribution >= 0.6 is 11.3 Å². The molecule has 0 amide bonds. The summed E-state index contributed by atoms with van der Waals surface area (Å²) in [4.78, 5) is 4.27. The number of hydrogen-bond donors (Lipinski definition) is 1. The third-order valence-electron chi connectivity index (χ3n) is 4.46. The van der Waals surface area contributed by atoms with Gasteiger partial charge in [-0.05, 0) is 69.6 Å². The van der Waals surface area contributed by atoms with Crippen LogP contribution in [-0.2, 0) is 0 Å². The maximum absolute atomic E-state index is 3.53. The van der Waals surface area contributed by atoms with Crippen LogP contribution in [0.25, 0.3) is 0 Å². The molecule has 100 valence electrons. The SMILES string of the molecule is CN(C1CCCNCC1)C(c1cccs1)C1CC1. The van der Waals surface area contributed by atoms with E-state index in [9.17, 15) is 0 Å². The molecule has 0 spiro atoms. The average molecular weight is 264 g/mol. The smallest absolute Gasteiger partial charge is 0.0469 e. The predicted molar refractivity (Wildman–Crippen MR) is 78.1 cm³/mol. The summed E-state index contributed by atoms with van der Waals surface area (Å²) in [5, 5.41) is 5.76. The second kappa shape index (κ2) is 5.72. The Balaban J connectivity index is 1.73. The number of hydrogen-bond acceptors (Lipinski definition) is 3. The molecule has 1 saturated carbocycles. The van der Waals surface area contributed by atoms with E-state index in [-0.39, 0.29) is 0 Å². The van der Waals surface area contributed by atoms with E-state index in [0.29, 0.717) is 6.04 Å². The average Bonchev–Trinajstić information content (AvgIpc) is 3.12. The Labute approximate surface area is 114 Å².